The van der Waals surface area contributed by atoms with Gasteiger partial charge in [0.05, 0.1) is 6.20 Å². The monoisotopic (exact) mass is 331 g/mol. The number of benzene rings is 1. The van der Waals surface area contributed by atoms with Gasteiger partial charge in [0.2, 0.25) is 0 Å². The molecule has 9 heteroatoms. The summed E-state index contributed by atoms with van der Waals surface area (Å²) in [7, 11) is 0. The number of aliphatic hydroxyl groups is 1. The molecule has 2 atom stereocenters. The third kappa shape index (κ3) is 2.05. The molecule has 3 heterocycles. The number of hydrogen-bond acceptors (Lipinski definition) is 7. The lowest BCUT2D eigenvalue weighted by molar-refractivity contribution is -0.968. The minimum atomic E-state index is -0.997. The van der Waals surface area contributed by atoms with Crippen LogP contribution in [0.5, 0.6) is 5.75 Å². The summed E-state index contributed by atoms with van der Waals surface area (Å²) in [5, 5.41) is 28.5. The lowest BCUT2D eigenvalue weighted by Gasteiger charge is -2.40. The van der Waals surface area contributed by atoms with Gasteiger partial charge < -0.3 is 9.84 Å². The Morgan fingerprint density at radius 3 is 2.71 bits per heavy atom. The molecule has 0 aliphatic carbocycles. The molecule has 1 aromatic carbocycles. The van der Waals surface area contributed by atoms with E-state index >= 15 is 0 Å². The number of aromatic nitrogens is 4. The zero-order chi connectivity index (χ0) is 17.1. The van der Waals surface area contributed by atoms with Crippen molar-refractivity contribution >= 4 is 11.0 Å². The van der Waals surface area contributed by atoms with Crippen LogP contribution in [0.4, 0.5) is 0 Å². The molecule has 0 saturated heterocycles. The predicted octanol–water partition coefficient (Wildman–Crippen LogP) is 0.0306. The van der Waals surface area contributed by atoms with Crippen LogP contribution < -0.4 is 15.0 Å². The molecule has 1 aliphatic heterocycles. The Morgan fingerprint density at radius 2 is 2.00 bits per heavy atom. The first-order valence-corrected chi connectivity index (χ1v) is 7.33. The number of rotatable bonds is 1. The smallest absolute Gasteiger partial charge is 0.299 e. The van der Waals surface area contributed by atoms with E-state index in [2.05, 4.69) is 10.3 Å². The zero-order valence-corrected chi connectivity index (χ0v) is 12.9. The van der Waals surface area contributed by atoms with Crippen LogP contribution in [-0.2, 0) is 0 Å². The van der Waals surface area contributed by atoms with Gasteiger partial charge in [-0.05, 0) is 30.2 Å². The lowest BCUT2D eigenvalue weighted by atomic mass is 9.86. The predicted molar refractivity (Wildman–Crippen MR) is 78.7 cm³/mol. The Hall–Kier alpha value is -2.94. The fourth-order valence-electron chi connectivity index (χ4n) is 2.99. The summed E-state index contributed by atoms with van der Waals surface area (Å²) < 4.78 is 12.0. The normalized spacial score (nSPS) is 22.1. The van der Waals surface area contributed by atoms with Gasteiger partial charge in [0, 0.05) is 17.7 Å². The molecule has 0 spiro atoms. The van der Waals surface area contributed by atoms with Gasteiger partial charge in [0.25, 0.3) is 11.6 Å². The van der Waals surface area contributed by atoms with Crippen LogP contribution in [0.1, 0.15) is 25.5 Å². The van der Waals surface area contributed by atoms with Crippen LogP contribution in [0, 0.1) is 0 Å². The van der Waals surface area contributed by atoms with Gasteiger partial charge in [-0.25, -0.2) is 4.63 Å². The average molecular weight is 331 g/mol. The first-order valence-electron chi connectivity index (χ1n) is 7.33. The molecule has 24 heavy (non-hydrogen) atoms. The van der Waals surface area contributed by atoms with Crippen molar-refractivity contribution in [1.82, 2.24) is 15.0 Å². The standard InChI is InChI=1S/C15H15N4O5/c1-15(2)14(21)13(18-4-3-8(20)7-19(18)22)9-5-10-11(17-24-16-10)6-12(9)23-15/h3-7,13-14,21-22H,1-2H3/q+1. The van der Waals surface area contributed by atoms with Crippen LogP contribution in [0.3, 0.4) is 0 Å². The van der Waals surface area contributed by atoms with Gasteiger partial charge >= 0.3 is 0 Å². The quantitative estimate of drug-likeness (QED) is 0.477. The van der Waals surface area contributed by atoms with E-state index in [9.17, 15) is 15.1 Å². The van der Waals surface area contributed by atoms with Crippen molar-refractivity contribution < 1.29 is 24.5 Å². The lowest BCUT2D eigenvalue weighted by Crippen LogP contribution is -2.56. The van der Waals surface area contributed by atoms with Crippen molar-refractivity contribution in [3.63, 3.8) is 0 Å². The Kier molecular flexibility index (Phi) is 2.91. The van der Waals surface area contributed by atoms with Crippen molar-refractivity contribution in [2.24, 2.45) is 0 Å². The molecule has 2 unspecified atom stereocenters. The average Bonchev–Trinajstić information content (AvgIpc) is 2.95. The van der Waals surface area contributed by atoms with Crippen LogP contribution in [0.25, 0.3) is 11.0 Å². The second-order valence-electron chi connectivity index (χ2n) is 6.29. The van der Waals surface area contributed by atoms with E-state index in [0.29, 0.717) is 27.2 Å². The fourth-order valence-corrected chi connectivity index (χ4v) is 2.99. The highest BCUT2D eigenvalue weighted by Gasteiger charge is 2.46. The highest BCUT2D eigenvalue weighted by atomic mass is 16.6. The number of fused-ring (bicyclic) bond motifs is 2. The molecule has 0 bridgehead atoms. The van der Waals surface area contributed by atoms with E-state index in [0.717, 1.165) is 6.20 Å². The fraction of sp³-hybridized carbons (Fsp3) is 0.333. The number of ether oxygens (including phenoxy) is 1. The maximum atomic E-state index is 11.4. The van der Waals surface area contributed by atoms with E-state index in [1.165, 1.54) is 16.9 Å². The van der Waals surface area contributed by atoms with Crippen LogP contribution in [0.2, 0.25) is 0 Å². The Morgan fingerprint density at radius 1 is 1.29 bits per heavy atom. The summed E-state index contributed by atoms with van der Waals surface area (Å²) in [6.07, 6.45) is 1.43. The number of aliphatic hydroxyl groups excluding tert-OH is 1. The molecule has 4 rings (SSSR count). The second-order valence-corrected chi connectivity index (χ2v) is 6.29. The number of nitrogens with zero attached hydrogens (tertiary/aromatic N) is 4. The molecule has 2 N–H and O–H groups in total. The van der Waals surface area contributed by atoms with Gasteiger partial charge in [-0.1, -0.05) is 0 Å². The molecule has 124 valence electrons. The van der Waals surface area contributed by atoms with Crippen molar-refractivity contribution in [1.29, 1.82) is 0 Å². The Labute approximate surface area is 135 Å². The van der Waals surface area contributed by atoms with E-state index < -0.39 is 17.7 Å². The maximum Gasteiger partial charge on any atom is 0.299 e. The van der Waals surface area contributed by atoms with Gasteiger partial charge in [0.15, 0.2) is 6.04 Å². The Bertz CT molecular complexity index is 993. The van der Waals surface area contributed by atoms with Gasteiger partial charge in [-0.2, -0.15) is 0 Å². The third-order valence-electron chi connectivity index (χ3n) is 4.24. The van der Waals surface area contributed by atoms with Crippen LogP contribution in [0.15, 0.2) is 40.0 Å². The third-order valence-corrected chi connectivity index (χ3v) is 4.24. The van der Waals surface area contributed by atoms with Crippen molar-refractivity contribution in [2.45, 2.75) is 31.6 Å². The number of hydrogen-bond donors (Lipinski definition) is 2. The minimum Gasteiger partial charge on any atom is -0.485 e. The first kappa shape index (κ1) is 14.6. The highest BCUT2D eigenvalue weighted by Crippen LogP contribution is 2.42. The minimum absolute atomic E-state index is 0.356. The molecule has 9 nitrogen and oxygen atoms in total. The summed E-state index contributed by atoms with van der Waals surface area (Å²) >= 11 is 0. The van der Waals surface area contributed by atoms with Crippen LogP contribution >= 0.6 is 0 Å². The molecule has 3 aromatic rings. The molecular formula is C15H15N4O5+. The van der Waals surface area contributed by atoms with Gasteiger partial charge in [-0.15, -0.1) is 4.68 Å². The van der Waals surface area contributed by atoms with E-state index in [4.69, 9.17) is 9.37 Å². The van der Waals surface area contributed by atoms with E-state index in [-0.39, 0.29) is 5.43 Å². The molecular weight excluding hydrogens is 316 g/mol. The largest absolute Gasteiger partial charge is 0.485 e. The summed E-state index contributed by atoms with van der Waals surface area (Å²) in [6, 6.07) is 3.96. The summed E-state index contributed by atoms with van der Waals surface area (Å²) in [5.74, 6) is 0.497. The molecule has 0 amide bonds. The van der Waals surface area contributed by atoms with Gasteiger partial charge in [-0.3, -0.25) is 10.0 Å². The summed E-state index contributed by atoms with van der Waals surface area (Å²) in [5.41, 5.74) is 0.331. The summed E-state index contributed by atoms with van der Waals surface area (Å²) in [4.78, 5) is 12.1. The second kappa shape index (κ2) is 4.78. The molecule has 0 saturated carbocycles. The van der Waals surface area contributed by atoms with Gasteiger partial charge in [0.1, 0.15) is 33.3 Å². The van der Waals surface area contributed by atoms with Crippen molar-refractivity contribution in [2.75, 3.05) is 0 Å². The summed E-state index contributed by atoms with van der Waals surface area (Å²) in [6.45, 7) is 3.48. The molecule has 0 fully saturated rings. The topological polar surface area (TPSA) is 114 Å². The van der Waals surface area contributed by atoms with Crippen molar-refractivity contribution in [3.8, 4) is 5.75 Å². The molecule has 2 aromatic heterocycles. The van der Waals surface area contributed by atoms with Crippen LogP contribution in [-0.4, -0.2) is 37.0 Å². The molecule has 1 aliphatic rings. The van der Waals surface area contributed by atoms with E-state index in [1.807, 2.05) is 0 Å². The van der Waals surface area contributed by atoms with Crippen molar-refractivity contribution in [3.05, 3.63) is 46.4 Å². The Balaban J connectivity index is 1.99. The highest BCUT2D eigenvalue weighted by molar-refractivity contribution is 5.77. The van der Waals surface area contributed by atoms with E-state index in [1.54, 1.807) is 26.0 Å². The SMILES string of the molecule is CC1(C)Oc2cc3nonc3cc2C(n2ccc(=O)c[n+]2O)C1O. The zero-order valence-electron chi connectivity index (χ0n) is 12.9. The first-order chi connectivity index (χ1) is 11.4. The molecule has 0 radical (unpaired) electrons. The maximum absolute atomic E-state index is 11.4.